The molecule has 11 heteroatoms. The second-order valence-electron chi connectivity index (χ2n) is 8.59. The first-order valence-corrected chi connectivity index (χ1v) is 12.2. The lowest BCUT2D eigenvalue weighted by Crippen LogP contribution is -2.44. The van der Waals surface area contributed by atoms with Crippen molar-refractivity contribution in [2.45, 2.75) is 36.1 Å². The average Bonchev–Trinajstić information content (AvgIpc) is 3.51. The fourth-order valence-electron chi connectivity index (χ4n) is 4.29. The van der Waals surface area contributed by atoms with E-state index < -0.39 is 22.2 Å². The third-order valence-corrected chi connectivity index (χ3v) is 7.62. The van der Waals surface area contributed by atoms with Gasteiger partial charge in [-0.3, -0.25) is 0 Å². The lowest BCUT2D eigenvalue weighted by atomic mass is 10.1. The van der Waals surface area contributed by atoms with E-state index >= 15 is 0 Å². The fourth-order valence-corrected chi connectivity index (χ4v) is 5.52. The van der Waals surface area contributed by atoms with Crippen molar-refractivity contribution in [1.29, 1.82) is 0 Å². The fraction of sp³-hybridized carbons (Fsp3) is 0.409. The van der Waals surface area contributed by atoms with E-state index in [2.05, 4.69) is 20.2 Å². The molecule has 2 aliphatic heterocycles. The molecule has 2 aliphatic rings. The van der Waals surface area contributed by atoms with Crippen LogP contribution in [0.2, 0.25) is 0 Å². The van der Waals surface area contributed by atoms with Gasteiger partial charge in [0.2, 0.25) is 10.0 Å². The van der Waals surface area contributed by atoms with E-state index in [1.54, 1.807) is 28.9 Å². The molecule has 0 aliphatic carbocycles. The lowest BCUT2D eigenvalue weighted by molar-refractivity contribution is 0.0626. The zero-order chi connectivity index (χ0) is 23.2. The lowest BCUT2D eigenvalue weighted by Gasteiger charge is -2.18. The number of ether oxygens (including phenoxy) is 2. The smallest absolute Gasteiger partial charge is 0.240 e. The van der Waals surface area contributed by atoms with Crippen molar-refractivity contribution in [2.75, 3.05) is 32.2 Å². The second kappa shape index (κ2) is 8.49. The summed E-state index contributed by atoms with van der Waals surface area (Å²) in [7, 11) is 0.270. The molecule has 0 spiro atoms. The Morgan fingerprint density at radius 3 is 2.39 bits per heavy atom. The van der Waals surface area contributed by atoms with E-state index in [0.717, 1.165) is 16.8 Å². The highest BCUT2D eigenvalue weighted by molar-refractivity contribution is 7.89. The molecule has 0 amide bonds. The van der Waals surface area contributed by atoms with Gasteiger partial charge < -0.3 is 14.4 Å². The molecule has 174 valence electrons. The SMILES string of the molecule is Cc1ccc(S(=O)(=O)N[C@@H]2CO[C@@H]3[C@@H]2OC[C@@H]3n2nnnc2-c2ccc(N(C)C)cc2)cc1. The minimum Gasteiger partial charge on any atom is -0.378 e. The molecule has 1 N–H and O–H groups in total. The number of hydrogen-bond acceptors (Lipinski definition) is 8. The average molecular weight is 471 g/mol. The minimum absolute atomic E-state index is 0.214. The minimum atomic E-state index is -3.69. The topological polar surface area (TPSA) is 111 Å². The van der Waals surface area contributed by atoms with Gasteiger partial charge in [0.15, 0.2) is 5.82 Å². The Balaban J connectivity index is 1.33. The predicted molar refractivity (Wildman–Crippen MR) is 121 cm³/mol. The number of sulfonamides is 1. The highest BCUT2D eigenvalue weighted by atomic mass is 32.2. The Kier molecular flexibility index (Phi) is 5.65. The predicted octanol–water partition coefficient (Wildman–Crippen LogP) is 1.40. The monoisotopic (exact) mass is 470 g/mol. The van der Waals surface area contributed by atoms with Gasteiger partial charge in [0, 0.05) is 25.3 Å². The van der Waals surface area contributed by atoms with Gasteiger partial charge in [-0.25, -0.2) is 17.8 Å². The number of nitrogens with zero attached hydrogens (tertiary/aromatic N) is 5. The first kappa shape index (κ1) is 22.0. The summed E-state index contributed by atoms with van der Waals surface area (Å²) in [4.78, 5) is 2.24. The van der Waals surface area contributed by atoms with Crippen LogP contribution in [0, 0.1) is 6.92 Å². The van der Waals surface area contributed by atoms with Crippen LogP contribution in [0.3, 0.4) is 0 Å². The van der Waals surface area contributed by atoms with Gasteiger partial charge in [0.05, 0.1) is 24.2 Å². The summed E-state index contributed by atoms with van der Waals surface area (Å²) < 4.78 is 42.1. The van der Waals surface area contributed by atoms with E-state index in [1.165, 1.54) is 0 Å². The number of aromatic nitrogens is 4. The maximum Gasteiger partial charge on any atom is 0.240 e. The maximum absolute atomic E-state index is 12.8. The van der Waals surface area contributed by atoms with Crippen molar-refractivity contribution in [3.63, 3.8) is 0 Å². The summed E-state index contributed by atoms with van der Waals surface area (Å²) in [5, 5.41) is 12.3. The Morgan fingerprint density at radius 2 is 1.70 bits per heavy atom. The summed E-state index contributed by atoms with van der Waals surface area (Å²) >= 11 is 0. The molecule has 2 saturated heterocycles. The number of nitrogens with one attached hydrogen (secondary N) is 1. The van der Waals surface area contributed by atoms with Crippen molar-refractivity contribution < 1.29 is 17.9 Å². The summed E-state index contributed by atoms with van der Waals surface area (Å²) in [6.45, 7) is 2.45. The standard InChI is InChI=1S/C22H26N6O4S/c1-14-4-10-17(11-5-14)33(29,30)24-18-12-31-21-19(13-32-20(18)21)28-22(23-25-26-28)15-6-8-16(9-7-15)27(2)3/h4-11,18-21,24H,12-13H2,1-3H3/t18-,19+,20-,21+/m1/s1. The van der Waals surface area contributed by atoms with Gasteiger partial charge in [-0.05, 0) is 53.7 Å². The van der Waals surface area contributed by atoms with Gasteiger partial charge in [-0.15, -0.1) is 5.10 Å². The molecule has 0 radical (unpaired) electrons. The van der Waals surface area contributed by atoms with Gasteiger partial charge in [-0.2, -0.15) is 0 Å². The van der Waals surface area contributed by atoms with Gasteiger partial charge in [0.25, 0.3) is 0 Å². The van der Waals surface area contributed by atoms with Gasteiger partial charge in [-0.1, -0.05) is 17.7 Å². The largest absolute Gasteiger partial charge is 0.378 e. The maximum atomic E-state index is 12.8. The molecule has 10 nitrogen and oxygen atoms in total. The molecule has 2 fully saturated rings. The molecule has 0 unspecified atom stereocenters. The molecule has 3 heterocycles. The number of fused-ring (bicyclic) bond motifs is 1. The zero-order valence-electron chi connectivity index (χ0n) is 18.6. The van der Waals surface area contributed by atoms with E-state index in [4.69, 9.17) is 9.47 Å². The first-order chi connectivity index (χ1) is 15.8. The summed E-state index contributed by atoms with van der Waals surface area (Å²) in [5.41, 5.74) is 2.95. The van der Waals surface area contributed by atoms with Crippen LogP contribution in [-0.2, 0) is 19.5 Å². The van der Waals surface area contributed by atoms with Crippen LogP contribution in [0.25, 0.3) is 11.4 Å². The Bertz CT molecular complexity index is 1230. The third-order valence-electron chi connectivity index (χ3n) is 6.11. The second-order valence-corrected chi connectivity index (χ2v) is 10.3. The van der Waals surface area contributed by atoms with E-state index in [0.29, 0.717) is 12.4 Å². The number of hydrogen-bond donors (Lipinski definition) is 1. The normalized spacial score (nSPS) is 24.7. The molecule has 4 atom stereocenters. The number of benzene rings is 2. The van der Waals surface area contributed by atoms with Crippen LogP contribution in [0.15, 0.2) is 53.4 Å². The zero-order valence-corrected chi connectivity index (χ0v) is 19.4. The highest BCUT2D eigenvalue weighted by Gasteiger charge is 2.50. The van der Waals surface area contributed by atoms with E-state index in [-0.39, 0.29) is 23.6 Å². The Hall–Kier alpha value is -2.86. The number of anilines is 1. The molecule has 33 heavy (non-hydrogen) atoms. The van der Waals surface area contributed by atoms with Crippen LogP contribution < -0.4 is 9.62 Å². The molecular weight excluding hydrogens is 444 g/mol. The van der Waals surface area contributed by atoms with Crippen molar-refractivity contribution in [1.82, 2.24) is 24.9 Å². The van der Waals surface area contributed by atoms with Crippen molar-refractivity contribution >= 4 is 15.7 Å². The van der Waals surface area contributed by atoms with Gasteiger partial charge >= 0.3 is 0 Å². The number of rotatable bonds is 6. The van der Waals surface area contributed by atoms with Crippen LogP contribution >= 0.6 is 0 Å². The molecule has 1 aromatic heterocycles. The van der Waals surface area contributed by atoms with Gasteiger partial charge in [0.1, 0.15) is 18.2 Å². The molecular formula is C22H26N6O4S. The third kappa shape index (κ3) is 4.12. The van der Waals surface area contributed by atoms with Crippen LogP contribution in [-0.4, -0.2) is 74.2 Å². The molecule has 0 saturated carbocycles. The number of tetrazole rings is 1. The first-order valence-electron chi connectivity index (χ1n) is 10.7. The number of aryl methyl sites for hydroxylation is 1. The molecule has 5 rings (SSSR count). The Labute approximate surface area is 192 Å². The van der Waals surface area contributed by atoms with E-state index in [9.17, 15) is 8.42 Å². The molecule has 0 bridgehead atoms. The summed E-state index contributed by atoms with van der Waals surface area (Å²) in [6, 6.07) is 13.9. The highest BCUT2D eigenvalue weighted by Crippen LogP contribution is 2.36. The van der Waals surface area contributed by atoms with E-state index in [1.807, 2.05) is 50.2 Å². The quantitative estimate of drug-likeness (QED) is 0.576. The summed E-state index contributed by atoms with van der Waals surface area (Å²) in [6.07, 6.45) is -0.789. The van der Waals surface area contributed by atoms with Crippen LogP contribution in [0.5, 0.6) is 0 Å². The van der Waals surface area contributed by atoms with Crippen molar-refractivity contribution in [3.8, 4) is 11.4 Å². The van der Waals surface area contributed by atoms with Crippen LogP contribution in [0.4, 0.5) is 5.69 Å². The van der Waals surface area contributed by atoms with Crippen molar-refractivity contribution in [2.24, 2.45) is 0 Å². The van der Waals surface area contributed by atoms with Crippen LogP contribution in [0.1, 0.15) is 11.6 Å². The Morgan fingerprint density at radius 1 is 1.00 bits per heavy atom. The van der Waals surface area contributed by atoms with Crippen molar-refractivity contribution in [3.05, 3.63) is 54.1 Å². The summed E-state index contributed by atoms with van der Waals surface area (Å²) in [5.74, 6) is 0.613. The molecule has 2 aromatic carbocycles. The molecule has 3 aromatic rings.